The van der Waals surface area contributed by atoms with Gasteiger partial charge in [-0.3, -0.25) is 0 Å². The van der Waals surface area contributed by atoms with E-state index in [9.17, 15) is 0 Å². The van der Waals surface area contributed by atoms with Crippen molar-refractivity contribution in [1.29, 1.82) is 0 Å². The summed E-state index contributed by atoms with van der Waals surface area (Å²) in [5.41, 5.74) is 0. The van der Waals surface area contributed by atoms with Crippen LogP contribution in [0.1, 0.15) is 33.1 Å². The summed E-state index contributed by atoms with van der Waals surface area (Å²) in [6, 6.07) is 0. The maximum atomic E-state index is 4.11. The largest absolute Gasteiger partial charge is 0.106 e. The van der Waals surface area contributed by atoms with Crippen LogP contribution in [0.2, 0.25) is 0 Å². The Labute approximate surface area is 78.1 Å². The van der Waals surface area contributed by atoms with Crippen LogP contribution >= 0.6 is 7.55 Å². The van der Waals surface area contributed by atoms with E-state index in [0.717, 1.165) is 17.8 Å². The Kier molecular flexibility index (Phi) is 3.77. The van der Waals surface area contributed by atoms with E-state index in [0.29, 0.717) is 0 Å². The van der Waals surface area contributed by atoms with Crippen molar-refractivity contribution in [3.8, 4) is 0 Å². The summed E-state index contributed by atoms with van der Waals surface area (Å²) in [6.07, 6.45) is 9.87. The van der Waals surface area contributed by atoms with Gasteiger partial charge in [-0.25, -0.2) is 0 Å². The smallest absolute Gasteiger partial charge is 0.0625 e. The molecule has 70 valence electrons. The Morgan fingerprint density at radius 1 is 1.33 bits per heavy atom. The van der Waals surface area contributed by atoms with E-state index in [-0.39, 0.29) is 7.55 Å². The van der Waals surface area contributed by atoms with Gasteiger partial charge in [0, 0.05) is 0 Å². The maximum absolute atomic E-state index is 4.11. The average Bonchev–Trinajstić information content (AvgIpc) is 2.26. The summed E-state index contributed by atoms with van der Waals surface area (Å²) in [4.78, 5) is 0. The lowest BCUT2D eigenvalue weighted by Gasteiger charge is -2.11. The second-order valence-electron chi connectivity index (χ2n) is 4.68. The highest BCUT2D eigenvalue weighted by Gasteiger charge is 2.28. The van der Waals surface area contributed by atoms with Gasteiger partial charge in [-0.05, 0) is 37.0 Å². The van der Waals surface area contributed by atoms with Gasteiger partial charge in [0.25, 0.3) is 0 Å². The zero-order chi connectivity index (χ0) is 9.14. The molecule has 0 aromatic rings. The first kappa shape index (κ1) is 10.3. The second kappa shape index (κ2) is 4.42. The van der Waals surface area contributed by atoms with Crippen molar-refractivity contribution in [1.82, 2.24) is 0 Å². The zero-order valence-electron chi connectivity index (χ0n) is 8.71. The lowest BCUT2D eigenvalue weighted by atomic mass is 9.96. The minimum atomic E-state index is 0.100. The van der Waals surface area contributed by atoms with Gasteiger partial charge >= 0.3 is 0 Å². The normalized spacial score (nSPS) is 36.9. The molecule has 1 heteroatoms. The minimum Gasteiger partial charge on any atom is -0.0625 e. The Bertz CT molecular complexity index is 162. The molecule has 1 saturated carbocycles. The standard InChI is InChI=1S/C11H22P/c1-9-7-10(2)11(8-9)5-6-12(3)4/h9-11H,3,5-8H2,1-2,4H3/q+1. The summed E-state index contributed by atoms with van der Waals surface area (Å²) < 4.78 is 0. The molecule has 0 aromatic carbocycles. The summed E-state index contributed by atoms with van der Waals surface area (Å²) in [6.45, 7) is 7.11. The van der Waals surface area contributed by atoms with E-state index in [1.54, 1.807) is 0 Å². The molecule has 0 N–H and O–H groups in total. The lowest BCUT2D eigenvalue weighted by molar-refractivity contribution is 0.409. The van der Waals surface area contributed by atoms with E-state index >= 15 is 0 Å². The van der Waals surface area contributed by atoms with E-state index in [2.05, 4.69) is 26.8 Å². The van der Waals surface area contributed by atoms with Crippen LogP contribution in [-0.2, 0) is 0 Å². The first-order valence-corrected chi connectivity index (χ1v) is 7.27. The summed E-state index contributed by atoms with van der Waals surface area (Å²) in [5, 5.41) is 0. The van der Waals surface area contributed by atoms with Crippen molar-refractivity contribution in [3.05, 3.63) is 0 Å². The molecule has 0 heterocycles. The minimum absolute atomic E-state index is 0.100. The lowest BCUT2D eigenvalue weighted by Crippen LogP contribution is -2.04. The van der Waals surface area contributed by atoms with E-state index in [4.69, 9.17) is 0 Å². The van der Waals surface area contributed by atoms with Crippen LogP contribution in [0.5, 0.6) is 0 Å². The number of hydrogen-bond acceptors (Lipinski definition) is 0. The van der Waals surface area contributed by atoms with Gasteiger partial charge in [-0.15, -0.1) is 0 Å². The van der Waals surface area contributed by atoms with Gasteiger partial charge in [-0.2, -0.15) is 0 Å². The van der Waals surface area contributed by atoms with Crippen LogP contribution in [0, 0.1) is 17.8 Å². The fraction of sp³-hybridized carbons (Fsp3) is 0.909. The second-order valence-corrected chi connectivity index (χ2v) is 6.84. The Morgan fingerprint density at radius 2 is 2.00 bits per heavy atom. The van der Waals surface area contributed by atoms with Crippen LogP contribution in [0.15, 0.2) is 0 Å². The SMILES string of the molecule is C=[P+](C)CCC1CC(C)CC1C. The van der Waals surface area contributed by atoms with Crippen LogP contribution in [0.25, 0.3) is 0 Å². The molecule has 0 nitrogen and oxygen atoms in total. The van der Waals surface area contributed by atoms with Crippen molar-refractivity contribution in [3.63, 3.8) is 0 Å². The molecule has 0 saturated heterocycles. The third-order valence-corrected chi connectivity index (χ3v) is 4.19. The first-order chi connectivity index (χ1) is 5.59. The number of hydrogen-bond donors (Lipinski definition) is 0. The van der Waals surface area contributed by atoms with Crippen molar-refractivity contribution in [2.45, 2.75) is 33.1 Å². The Morgan fingerprint density at radius 3 is 2.42 bits per heavy atom. The van der Waals surface area contributed by atoms with Gasteiger partial charge in [0.2, 0.25) is 0 Å². The molecule has 0 aromatic heterocycles. The van der Waals surface area contributed by atoms with Gasteiger partial charge in [0.05, 0.1) is 20.5 Å². The first-order valence-electron chi connectivity index (χ1n) is 5.11. The fourth-order valence-corrected chi connectivity index (χ4v) is 3.23. The van der Waals surface area contributed by atoms with Crippen molar-refractivity contribution in [2.75, 3.05) is 12.8 Å². The Hall–Kier alpha value is 0.170. The van der Waals surface area contributed by atoms with E-state index in [1.807, 2.05) is 0 Å². The topological polar surface area (TPSA) is 0 Å². The van der Waals surface area contributed by atoms with Gasteiger partial charge < -0.3 is 0 Å². The van der Waals surface area contributed by atoms with Gasteiger partial charge in [0.15, 0.2) is 0 Å². The summed E-state index contributed by atoms with van der Waals surface area (Å²) in [5.74, 6) is 2.99. The van der Waals surface area contributed by atoms with Crippen LogP contribution in [-0.4, -0.2) is 19.1 Å². The molecule has 0 amide bonds. The van der Waals surface area contributed by atoms with Crippen LogP contribution in [0.4, 0.5) is 0 Å². The summed E-state index contributed by atoms with van der Waals surface area (Å²) >= 11 is 0. The van der Waals surface area contributed by atoms with Gasteiger partial charge in [-0.1, -0.05) is 13.8 Å². The quantitative estimate of drug-likeness (QED) is 0.589. The molecular weight excluding hydrogens is 163 g/mol. The highest BCUT2D eigenvalue weighted by molar-refractivity contribution is 7.54. The molecule has 4 atom stereocenters. The predicted octanol–water partition coefficient (Wildman–Crippen LogP) is 3.60. The third kappa shape index (κ3) is 2.90. The van der Waals surface area contributed by atoms with Crippen LogP contribution in [0.3, 0.4) is 0 Å². The molecule has 0 bridgehead atoms. The maximum Gasteiger partial charge on any atom is 0.106 e. The third-order valence-electron chi connectivity index (χ3n) is 3.17. The zero-order valence-corrected chi connectivity index (χ0v) is 9.61. The summed E-state index contributed by atoms with van der Waals surface area (Å²) in [7, 11) is 0.100. The highest BCUT2D eigenvalue weighted by Crippen LogP contribution is 2.39. The average molecular weight is 185 g/mol. The van der Waals surface area contributed by atoms with Gasteiger partial charge in [0.1, 0.15) is 6.16 Å². The molecule has 0 aliphatic heterocycles. The fourth-order valence-electron chi connectivity index (χ4n) is 2.46. The predicted molar refractivity (Wildman–Crippen MR) is 60.5 cm³/mol. The van der Waals surface area contributed by atoms with Crippen molar-refractivity contribution >= 4 is 13.8 Å². The van der Waals surface area contributed by atoms with E-state index < -0.39 is 0 Å². The van der Waals surface area contributed by atoms with E-state index in [1.165, 1.54) is 25.4 Å². The van der Waals surface area contributed by atoms with Crippen molar-refractivity contribution < 1.29 is 0 Å². The highest BCUT2D eigenvalue weighted by atomic mass is 31.1. The molecular formula is C11H22P+. The molecule has 1 fully saturated rings. The van der Waals surface area contributed by atoms with Crippen molar-refractivity contribution in [2.24, 2.45) is 17.8 Å². The molecule has 1 aliphatic rings. The molecule has 1 rings (SSSR count). The molecule has 12 heavy (non-hydrogen) atoms. The molecule has 1 aliphatic carbocycles. The molecule has 0 spiro atoms. The number of rotatable bonds is 3. The van der Waals surface area contributed by atoms with Crippen LogP contribution < -0.4 is 0 Å². The molecule has 4 unspecified atom stereocenters. The monoisotopic (exact) mass is 185 g/mol. The Balaban J connectivity index is 2.28. The molecule has 0 radical (unpaired) electrons.